The first-order valence-corrected chi connectivity index (χ1v) is 12.0. The first kappa shape index (κ1) is 20.3. The number of nitrogens with one attached hydrogen (secondary N) is 1. The topological polar surface area (TPSA) is 88.3 Å². The molecular weight excluding hydrogens is 432 g/mol. The number of aromatic nitrogens is 2. The Morgan fingerprint density at radius 3 is 3.06 bits per heavy atom. The maximum absolute atomic E-state index is 13.1. The molecule has 0 radical (unpaired) electrons. The van der Waals surface area contributed by atoms with Gasteiger partial charge in [-0.15, -0.1) is 21.5 Å². The van der Waals surface area contributed by atoms with E-state index in [1.165, 1.54) is 33.5 Å². The molecule has 31 heavy (non-hydrogen) atoms. The van der Waals surface area contributed by atoms with E-state index in [4.69, 9.17) is 4.42 Å². The average Bonchev–Trinajstić information content (AvgIpc) is 3.39. The summed E-state index contributed by atoms with van der Waals surface area (Å²) in [5.41, 5.74) is 2.72. The predicted molar refractivity (Wildman–Crippen MR) is 122 cm³/mol. The van der Waals surface area contributed by atoms with E-state index in [0.717, 1.165) is 17.7 Å². The number of thioether (sulfide) groups is 1. The minimum atomic E-state index is -0.482. The molecule has 2 aliphatic rings. The standard InChI is InChI=1S/C22H22N4O3S2/c1-12-7-8-17-14(9-12)10-18(31-17)20-24-25-22(29-20)30-13(2)21(28)26-11-19(27)23-15-5-3-4-6-16(15)26/h3-6,10,12-13H,7-9,11H2,1-2H3,(H,23,27). The number of benzene rings is 1. The number of thiophene rings is 1. The lowest BCUT2D eigenvalue weighted by atomic mass is 9.90. The van der Waals surface area contributed by atoms with Gasteiger partial charge in [0.15, 0.2) is 0 Å². The molecule has 5 rings (SSSR count). The van der Waals surface area contributed by atoms with Crippen molar-refractivity contribution in [2.45, 2.75) is 43.6 Å². The van der Waals surface area contributed by atoms with E-state index in [1.807, 2.05) is 18.2 Å². The lowest BCUT2D eigenvalue weighted by Crippen LogP contribution is -2.45. The van der Waals surface area contributed by atoms with Crippen molar-refractivity contribution in [2.75, 3.05) is 16.8 Å². The first-order chi connectivity index (χ1) is 15.0. The van der Waals surface area contributed by atoms with Crippen LogP contribution in [-0.4, -0.2) is 33.8 Å². The summed E-state index contributed by atoms with van der Waals surface area (Å²) in [5.74, 6) is 0.822. The second kappa shape index (κ2) is 8.12. The fourth-order valence-electron chi connectivity index (χ4n) is 4.02. The van der Waals surface area contributed by atoms with Gasteiger partial charge in [-0.1, -0.05) is 30.8 Å². The third kappa shape index (κ3) is 3.99. The van der Waals surface area contributed by atoms with Crippen LogP contribution in [0.5, 0.6) is 0 Å². The second-order valence-corrected chi connectivity index (χ2v) is 10.5. The molecule has 1 N–H and O–H groups in total. The van der Waals surface area contributed by atoms with Crippen LogP contribution in [0.25, 0.3) is 10.8 Å². The van der Waals surface area contributed by atoms with Crippen molar-refractivity contribution >= 4 is 46.3 Å². The van der Waals surface area contributed by atoms with E-state index in [1.54, 1.807) is 24.3 Å². The van der Waals surface area contributed by atoms with Crippen LogP contribution in [0.4, 0.5) is 11.4 Å². The summed E-state index contributed by atoms with van der Waals surface area (Å²) < 4.78 is 5.87. The number of anilines is 2. The van der Waals surface area contributed by atoms with Gasteiger partial charge in [0.2, 0.25) is 11.8 Å². The Labute approximate surface area is 188 Å². The summed E-state index contributed by atoms with van der Waals surface area (Å²) in [5, 5.41) is 11.0. The molecule has 2 unspecified atom stereocenters. The zero-order chi connectivity index (χ0) is 21.5. The van der Waals surface area contributed by atoms with E-state index in [-0.39, 0.29) is 18.4 Å². The van der Waals surface area contributed by atoms with Gasteiger partial charge in [0.05, 0.1) is 21.5 Å². The lowest BCUT2D eigenvalue weighted by Gasteiger charge is -2.30. The highest BCUT2D eigenvalue weighted by Crippen LogP contribution is 2.38. The van der Waals surface area contributed by atoms with Crippen LogP contribution < -0.4 is 10.2 Å². The van der Waals surface area contributed by atoms with Gasteiger partial charge in [-0.2, -0.15) is 0 Å². The smallest absolute Gasteiger partial charge is 0.277 e. The summed E-state index contributed by atoms with van der Waals surface area (Å²) in [6.45, 7) is 4.07. The van der Waals surface area contributed by atoms with Gasteiger partial charge in [0, 0.05) is 4.88 Å². The maximum Gasteiger partial charge on any atom is 0.277 e. The van der Waals surface area contributed by atoms with Crippen molar-refractivity contribution in [1.82, 2.24) is 10.2 Å². The summed E-state index contributed by atoms with van der Waals surface area (Å²) in [6.07, 6.45) is 3.42. The summed E-state index contributed by atoms with van der Waals surface area (Å²) in [4.78, 5) is 29.0. The number of hydrogen-bond acceptors (Lipinski definition) is 7. The highest BCUT2D eigenvalue weighted by atomic mass is 32.2. The van der Waals surface area contributed by atoms with Crippen molar-refractivity contribution in [3.05, 3.63) is 40.8 Å². The Morgan fingerprint density at radius 1 is 1.35 bits per heavy atom. The quantitative estimate of drug-likeness (QED) is 0.588. The van der Waals surface area contributed by atoms with E-state index in [2.05, 4.69) is 28.5 Å². The molecule has 0 spiro atoms. The molecule has 0 saturated heterocycles. The third-order valence-electron chi connectivity index (χ3n) is 5.61. The van der Waals surface area contributed by atoms with Gasteiger partial charge < -0.3 is 9.73 Å². The normalized spacial score (nSPS) is 18.8. The number of aryl methyl sites for hydroxylation is 1. The minimum absolute atomic E-state index is 0.00496. The van der Waals surface area contributed by atoms with Crippen LogP contribution in [0.15, 0.2) is 40.0 Å². The van der Waals surface area contributed by atoms with Gasteiger partial charge in [-0.25, -0.2) is 0 Å². The van der Waals surface area contributed by atoms with Crippen LogP contribution in [0.3, 0.4) is 0 Å². The first-order valence-electron chi connectivity index (χ1n) is 10.3. The maximum atomic E-state index is 13.1. The number of rotatable bonds is 4. The van der Waals surface area contributed by atoms with Crippen LogP contribution in [0.1, 0.15) is 30.7 Å². The highest BCUT2D eigenvalue weighted by Gasteiger charge is 2.31. The molecule has 2 atom stereocenters. The minimum Gasteiger partial charge on any atom is -0.410 e. The average molecular weight is 455 g/mol. The van der Waals surface area contributed by atoms with Gasteiger partial charge in [-0.05, 0) is 55.9 Å². The zero-order valence-electron chi connectivity index (χ0n) is 17.3. The Balaban J connectivity index is 1.31. The van der Waals surface area contributed by atoms with Crippen LogP contribution in [0, 0.1) is 5.92 Å². The molecular formula is C22H22N4O3S2. The Bertz CT molecular complexity index is 1160. The lowest BCUT2D eigenvalue weighted by molar-refractivity contribution is -0.121. The fourth-order valence-corrected chi connectivity index (χ4v) is 5.89. The van der Waals surface area contributed by atoms with Gasteiger partial charge in [0.1, 0.15) is 6.54 Å². The van der Waals surface area contributed by atoms with Gasteiger partial charge in [-0.3, -0.25) is 14.5 Å². The number of nitrogens with zero attached hydrogens (tertiary/aromatic N) is 3. The summed E-state index contributed by atoms with van der Waals surface area (Å²) >= 11 is 2.93. The molecule has 1 aliphatic heterocycles. The summed E-state index contributed by atoms with van der Waals surface area (Å²) in [6, 6.07) is 9.45. The largest absolute Gasteiger partial charge is 0.410 e. The van der Waals surface area contributed by atoms with Crippen LogP contribution >= 0.6 is 23.1 Å². The van der Waals surface area contributed by atoms with Gasteiger partial charge in [0.25, 0.3) is 11.1 Å². The molecule has 3 heterocycles. The Hall–Kier alpha value is -2.65. The van der Waals surface area contributed by atoms with E-state index >= 15 is 0 Å². The SMILES string of the molecule is CC1CCc2sc(-c3nnc(SC(C)C(=O)N4CC(=O)Nc5ccccc54)o3)cc2C1. The van der Waals surface area contributed by atoms with E-state index in [0.29, 0.717) is 28.4 Å². The van der Waals surface area contributed by atoms with Crippen LogP contribution in [0.2, 0.25) is 0 Å². The number of carbonyl (C=O) groups excluding carboxylic acids is 2. The van der Waals surface area contributed by atoms with Gasteiger partial charge >= 0.3 is 0 Å². The molecule has 1 aliphatic carbocycles. The monoisotopic (exact) mass is 454 g/mol. The third-order valence-corrected chi connectivity index (χ3v) is 7.76. The predicted octanol–water partition coefficient (Wildman–Crippen LogP) is 4.39. The van der Waals surface area contributed by atoms with E-state index < -0.39 is 5.25 Å². The molecule has 7 nitrogen and oxygen atoms in total. The number of hydrogen-bond donors (Lipinski definition) is 1. The molecule has 9 heteroatoms. The van der Waals surface area contributed by atoms with Crippen molar-refractivity contribution in [2.24, 2.45) is 5.92 Å². The zero-order valence-corrected chi connectivity index (χ0v) is 18.9. The second-order valence-electron chi connectivity index (χ2n) is 8.03. The van der Waals surface area contributed by atoms with Crippen molar-refractivity contribution < 1.29 is 14.0 Å². The van der Waals surface area contributed by atoms with E-state index in [9.17, 15) is 9.59 Å². The molecule has 0 fully saturated rings. The number of fused-ring (bicyclic) bond motifs is 2. The van der Waals surface area contributed by atoms with Crippen molar-refractivity contribution in [3.8, 4) is 10.8 Å². The number of amides is 2. The molecule has 2 amide bonds. The number of para-hydroxylation sites is 2. The number of carbonyl (C=O) groups is 2. The van der Waals surface area contributed by atoms with Crippen molar-refractivity contribution in [1.29, 1.82) is 0 Å². The Morgan fingerprint density at radius 2 is 2.19 bits per heavy atom. The molecule has 0 saturated carbocycles. The molecule has 0 bridgehead atoms. The molecule has 1 aromatic carbocycles. The highest BCUT2D eigenvalue weighted by molar-refractivity contribution is 8.00. The molecule has 160 valence electrons. The van der Waals surface area contributed by atoms with Crippen molar-refractivity contribution in [3.63, 3.8) is 0 Å². The summed E-state index contributed by atoms with van der Waals surface area (Å²) in [7, 11) is 0. The van der Waals surface area contributed by atoms with Crippen LogP contribution in [-0.2, 0) is 22.4 Å². The molecule has 3 aromatic rings. The molecule has 2 aromatic heterocycles. The Kier molecular flexibility index (Phi) is 5.31. The fraction of sp³-hybridized carbons (Fsp3) is 0.364.